The van der Waals surface area contributed by atoms with Crippen molar-refractivity contribution in [3.05, 3.63) is 145 Å². The number of nitrogens with one attached hydrogen (secondary N) is 3. The number of carbonyl (C=O) groups excluding carboxylic acids is 1. The molecule has 2 fully saturated rings. The summed E-state index contributed by atoms with van der Waals surface area (Å²) in [5.74, 6) is 0.967. The van der Waals surface area contributed by atoms with Crippen LogP contribution in [0.2, 0.25) is 0 Å². The first-order valence-electron chi connectivity index (χ1n) is 26.2. The van der Waals surface area contributed by atoms with E-state index >= 15 is 0 Å². The first-order valence-corrected chi connectivity index (χ1v) is 29.9. The predicted molar refractivity (Wildman–Crippen MR) is 316 cm³/mol. The summed E-state index contributed by atoms with van der Waals surface area (Å²) >= 11 is 0. The van der Waals surface area contributed by atoms with Gasteiger partial charge < -0.3 is 44.5 Å². The van der Waals surface area contributed by atoms with E-state index in [1.165, 1.54) is 26.8 Å². The number of sulfonamides is 2. The summed E-state index contributed by atoms with van der Waals surface area (Å²) in [6.07, 6.45) is 9.58. The number of hydrogen-bond donors (Lipinski definition) is 3. The Morgan fingerprint density at radius 3 is 1.53 bits per heavy atom. The third-order valence-corrected chi connectivity index (χ3v) is 16.3. The van der Waals surface area contributed by atoms with Crippen LogP contribution in [0.25, 0.3) is 22.1 Å². The quantitative estimate of drug-likeness (QED) is 0.0933. The van der Waals surface area contributed by atoms with E-state index in [4.69, 9.17) is 14.7 Å². The molecular weight excluding hydrogens is 1040 g/mol. The van der Waals surface area contributed by atoms with E-state index in [2.05, 4.69) is 66.9 Å². The van der Waals surface area contributed by atoms with Gasteiger partial charge in [0.2, 0.25) is 31.9 Å². The van der Waals surface area contributed by atoms with Gasteiger partial charge in [-0.1, -0.05) is 36.4 Å². The Kier molecular flexibility index (Phi) is 16.4. The van der Waals surface area contributed by atoms with Crippen molar-refractivity contribution in [3.8, 4) is 0 Å². The minimum Gasteiger partial charge on any atom is -0.444 e. The Bertz CT molecular complexity index is 3660. The maximum absolute atomic E-state index is 12.6. The molecule has 6 heterocycles. The lowest BCUT2D eigenvalue weighted by Gasteiger charge is -2.41. The third-order valence-electron chi connectivity index (χ3n) is 13.9. The number of carbonyl (C=O) groups is 1. The highest BCUT2D eigenvalue weighted by Crippen LogP contribution is 2.29. The normalized spacial score (nSPS) is 16.1. The van der Waals surface area contributed by atoms with Crippen molar-refractivity contribution in [2.45, 2.75) is 65.4 Å². The molecule has 0 saturated carbocycles. The van der Waals surface area contributed by atoms with Gasteiger partial charge in [0, 0.05) is 124 Å². The molecule has 10 rings (SSSR count). The molecule has 2 atom stereocenters. The highest BCUT2D eigenvalue weighted by Gasteiger charge is 2.31. The van der Waals surface area contributed by atoms with Gasteiger partial charge in [-0.25, -0.2) is 31.6 Å². The van der Waals surface area contributed by atoms with Crippen molar-refractivity contribution in [2.75, 3.05) is 94.9 Å². The van der Waals surface area contributed by atoms with Crippen molar-refractivity contribution in [1.29, 1.82) is 0 Å². The van der Waals surface area contributed by atoms with Gasteiger partial charge >= 0.3 is 6.09 Å². The minimum atomic E-state index is -3.40. The molecule has 416 valence electrons. The summed E-state index contributed by atoms with van der Waals surface area (Å²) in [5.41, 5.74) is 8.05. The zero-order valence-corrected chi connectivity index (χ0v) is 47.8. The van der Waals surface area contributed by atoms with E-state index in [1.54, 1.807) is 37.5 Å². The lowest BCUT2D eigenvalue weighted by molar-refractivity contribution is 0.0159. The molecule has 0 aliphatic carbocycles. The molecule has 0 bridgehead atoms. The second-order valence-corrected chi connectivity index (χ2v) is 25.2. The van der Waals surface area contributed by atoms with Crippen LogP contribution < -0.4 is 34.4 Å². The van der Waals surface area contributed by atoms with Gasteiger partial charge in [-0.15, -0.1) is 0 Å². The molecule has 0 unspecified atom stereocenters. The van der Waals surface area contributed by atoms with Crippen molar-refractivity contribution in [2.24, 2.45) is 0 Å². The highest BCUT2D eigenvalue weighted by atomic mass is 32.2. The molecule has 2 saturated heterocycles. The average Bonchev–Trinajstić information content (AvgIpc) is 4.19. The summed E-state index contributed by atoms with van der Waals surface area (Å²) in [6.45, 7) is 15.8. The molecule has 22 heteroatoms. The molecule has 0 radical (unpaired) electrons. The number of para-hydroxylation sites is 2. The van der Waals surface area contributed by atoms with E-state index < -0.39 is 25.6 Å². The summed E-state index contributed by atoms with van der Waals surface area (Å²) < 4.78 is 60.8. The van der Waals surface area contributed by atoms with Crippen LogP contribution in [0.3, 0.4) is 0 Å². The standard InChI is InChI=1S/C31H39N7O4S.C26H31N7O2S/c1-22-20-36(17-18-38(22)30(39)42-31(2,3)4)26-13-11-25(12-14-26)33-29-32-19-23-15-16-37(28(23)34-29)21-24-9-7-8-10-27(24)35(5)43(6,40)41;1-19-17-32(15-13-27-19)23-10-8-22(9-11-23)29-26-28-16-20-12-14-33(25(20)30-26)18-21-6-4-5-7-24(21)31(2)36(3,34)35/h7-16,19,22H,17-18,20-21H2,1-6H3,(H,32,33,34);4-12,14,16,19,27H,13,15,17-18H2,1-3H3,(H,28,29,30)/t22-;19-/m11/s1. The number of rotatable bonds is 14. The maximum Gasteiger partial charge on any atom is 0.410 e. The molecule has 79 heavy (non-hydrogen) atoms. The van der Waals surface area contributed by atoms with Gasteiger partial charge in [0.25, 0.3) is 0 Å². The monoisotopic (exact) mass is 1110 g/mol. The molecule has 20 nitrogen and oxygen atoms in total. The number of piperazine rings is 2. The van der Waals surface area contributed by atoms with Crippen LogP contribution in [0.15, 0.2) is 134 Å². The van der Waals surface area contributed by atoms with E-state index in [0.29, 0.717) is 55.5 Å². The van der Waals surface area contributed by atoms with Gasteiger partial charge in [0.05, 0.1) is 37.0 Å². The first-order chi connectivity index (χ1) is 37.6. The molecule has 2 aliphatic rings. The van der Waals surface area contributed by atoms with Crippen LogP contribution in [0.5, 0.6) is 0 Å². The van der Waals surface area contributed by atoms with Gasteiger partial charge in [-0.05, 0) is 119 Å². The van der Waals surface area contributed by atoms with Gasteiger partial charge in [-0.3, -0.25) is 8.61 Å². The molecule has 8 aromatic rings. The second kappa shape index (κ2) is 23.2. The molecule has 2 aliphatic heterocycles. The zero-order valence-electron chi connectivity index (χ0n) is 46.2. The smallest absolute Gasteiger partial charge is 0.410 e. The Morgan fingerprint density at radius 2 is 1.10 bits per heavy atom. The SMILES string of the molecule is C[C@@H]1CN(c2ccc(Nc3ncc4ccn(Cc5ccccc5N(C)S(C)(=O)=O)c4n3)cc2)CCN1.C[C@@H]1CN(c2ccc(Nc3ncc4ccn(Cc5ccccc5N(C)S(C)(=O)=O)c4n3)cc2)CCN1C(=O)OC(C)(C)C. The van der Waals surface area contributed by atoms with Gasteiger partial charge in [-0.2, -0.15) is 9.97 Å². The maximum atomic E-state index is 12.6. The van der Waals surface area contributed by atoms with Crippen molar-refractivity contribution in [3.63, 3.8) is 0 Å². The van der Waals surface area contributed by atoms with Crippen LogP contribution in [0.1, 0.15) is 45.7 Å². The molecule has 0 spiro atoms. The zero-order chi connectivity index (χ0) is 56.2. The predicted octanol–water partition coefficient (Wildman–Crippen LogP) is 8.48. The third kappa shape index (κ3) is 13.7. The highest BCUT2D eigenvalue weighted by molar-refractivity contribution is 7.92. The fraction of sp³-hybridized carbons (Fsp3) is 0.351. The second-order valence-electron chi connectivity index (χ2n) is 21.2. The molecule has 4 aromatic heterocycles. The number of hydrogen-bond acceptors (Lipinski definition) is 15. The van der Waals surface area contributed by atoms with Crippen molar-refractivity contribution >= 4 is 94.2 Å². The Morgan fingerprint density at radius 1 is 0.646 bits per heavy atom. The van der Waals surface area contributed by atoms with E-state index in [9.17, 15) is 21.6 Å². The van der Waals surface area contributed by atoms with E-state index in [1.807, 2.05) is 128 Å². The Labute approximate surface area is 463 Å². The van der Waals surface area contributed by atoms with Crippen LogP contribution in [0.4, 0.5) is 50.8 Å². The lowest BCUT2D eigenvalue weighted by Crippen LogP contribution is -2.55. The number of benzene rings is 4. The molecular formula is C57H70N14O6S2. The van der Waals surface area contributed by atoms with Gasteiger partial charge in [0.15, 0.2) is 0 Å². The van der Waals surface area contributed by atoms with Crippen molar-refractivity contribution < 1.29 is 26.4 Å². The number of ether oxygens (including phenoxy) is 1. The largest absolute Gasteiger partial charge is 0.444 e. The number of aromatic nitrogens is 6. The topological polar surface area (TPSA) is 208 Å². The van der Waals surface area contributed by atoms with Crippen LogP contribution >= 0.6 is 0 Å². The van der Waals surface area contributed by atoms with Crippen LogP contribution in [-0.4, -0.2) is 140 Å². The van der Waals surface area contributed by atoms with Crippen molar-refractivity contribution in [1.82, 2.24) is 39.3 Å². The molecule has 1 amide bonds. The Hall–Kier alpha value is -7.95. The van der Waals surface area contributed by atoms with E-state index in [-0.39, 0.29) is 12.1 Å². The number of fused-ring (bicyclic) bond motifs is 2. The van der Waals surface area contributed by atoms with Gasteiger partial charge in [0.1, 0.15) is 16.9 Å². The van der Waals surface area contributed by atoms with Crippen LogP contribution in [0, 0.1) is 0 Å². The molecule has 3 N–H and O–H groups in total. The summed E-state index contributed by atoms with van der Waals surface area (Å²) in [5, 5.41) is 11.9. The van der Waals surface area contributed by atoms with Crippen LogP contribution in [-0.2, 0) is 37.9 Å². The van der Waals surface area contributed by atoms with E-state index in [0.717, 1.165) is 76.4 Å². The minimum absolute atomic E-state index is 0.0245. The number of nitrogens with zero attached hydrogens (tertiary/aromatic N) is 11. The first kappa shape index (κ1) is 55.8. The average molecular weight is 1110 g/mol. The summed E-state index contributed by atoms with van der Waals surface area (Å²) in [6, 6.07) is 35.8. The number of anilines is 8. The Balaban J connectivity index is 0.000000195. The lowest BCUT2D eigenvalue weighted by atomic mass is 10.1. The fourth-order valence-corrected chi connectivity index (χ4v) is 10.7. The summed E-state index contributed by atoms with van der Waals surface area (Å²) in [4.78, 5) is 37.5. The number of amides is 1. The fourth-order valence-electron chi connectivity index (χ4n) is 9.66. The summed E-state index contributed by atoms with van der Waals surface area (Å²) in [7, 11) is -3.65. The molecule has 4 aromatic carbocycles.